The van der Waals surface area contributed by atoms with Crippen molar-refractivity contribution < 1.29 is 19.1 Å². The number of halogens is 1. The van der Waals surface area contributed by atoms with E-state index in [-0.39, 0.29) is 6.10 Å². The molecule has 2 aromatic rings. The first-order chi connectivity index (χ1) is 12.6. The van der Waals surface area contributed by atoms with Crippen LogP contribution in [-0.2, 0) is 20.7 Å². The number of cyclic esters (lactones) is 1. The van der Waals surface area contributed by atoms with Gasteiger partial charge in [-0.15, -0.1) is 0 Å². The van der Waals surface area contributed by atoms with Crippen LogP contribution >= 0.6 is 11.6 Å². The highest BCUT2D eigenvalue weighted by Gasteiger charge is 2.35. The molecular formula is C18H16ClN3O4. The van der Waals surface area contributed by atoms with E-state index in [2.05, 4.69) is 9.97 Å². The molecule has 0 unspecified atom stereocenters. The normalized spacial score (nSPS) is 21.9. The zero-order chi connectivity index (χ0) is 18.1. The molecular weight excluding hydrogens is 358 g/mol. The van der Waals surface area contributed by atoms with Gasteiger partial charge < -0.3 is 14.4 Å². The number of carbonyl (C=O) groups excluding carboxylic acids is 2. The third-order valence-electron chi connectivity index (χ3n) is 4.50. The van der Waals surface area contributed by atoms with Gasteiger partial charge in [0, 0.05) is 19.4 Å². The zero-order valence-electron chi connectivity index (χ0n) is 13.8. The van der Waals surface area contributed by atoms with E-state index in [1.54, 1.807) is 18.3 Å². The summed E-state index contributed by atoms with van der Waals surface area (Å²) in [6.45, 7) is 1.18. The molecule has 2 aliphatic rings. The molecule has 3 heterocycles. The fraction of sp³-hybridized carbons (Fsp3) is 0.333. The fourth-order valence-corrected chi connectivity index (χ4v) is 3.36. The van der Waals surface area contributed by atoms with Gasteiger partial charge >= 0.3 is 11.9 Å². The van der Waals surface area contributed by atoms with E-state index < -0.39 is 18.0 Å². The minimum Gasteiger partial charge on any atom is -0.458 e. The first-order valence-electron chi connectivity index (χ1n) is 8.32. The topological polar surface area (TPSA) is 81.6 Å². The average Bonchev–Trinajstić information content (AvgIpc) is 3.10. The Hall–Kier alpha value is -2.67. The first-order valence-corrected chi connectivity index (χ1v) is 8.70. The summed E-state index contributed by atoms with van der Waals surface area (Å²) in [6, 6.07) is 7.12. The number of hydrogen-bond acceptors (Lipinski definition) is 7. The lowest BCUT2D eigenvalue weighted by Gasteiger charge is -2.24. The number of nitrogens with zero attached hydrogens (tertiary/aromatic N) is 3. The highest BCUT2D eigenvalue weighted by molar-refractivity contribution is 6.29. The van der Waals surface area contributed by atoms with Crippen molar-refractivity contribution in [2.24, 2.45) is 0 Å². The number of rotatable bonds is 3. The molecule has 134 valence electrons. The second kappa shape index (κ2) is 6.92. The number of carbonyl (C=O) groups is 2. The van der Waals surface area contributed by atoms with E-state index in [0.717, 1.165) is 5.56 Å². The van der Waals surface area contributed by atoms with Crippen molar-refractivity contribution in [1.82, 2.24) is 9.97 Å². The van der Waals surface area contributed by atoms with Gasteiger partial charge in [-0.25, -0.2) is 14.6 Å². The molecule has 1 aromatic carbocycles. The summed E-state index contributed by atoms with van der Waals surface area (Å²) in [5.74, 6) is -0.359. The molecule has 2 aliphatic heterocycles. The Labute approximate surface area is 154 Å². The number of anilines is 1. The van der Waals surface area contributed by atoms with E-state index in [1.807, 2.05) is 17.0 Å². The molecule has 0 spiro atoms. The summed E-state index contributed by atoms with van der Waals surface area (Å²) in [4.78, 5) is 34.7. The van der Waals surface area contributed by atoms with Crippen molar-refractivity contribution >= 4 is 29.4 Å². The average molecular weight is 374 g/mol. The van der Waals surface area contributed by atoms with Crippen LogP contribution in [0.2, 0.25) is 5.15 Å². The second-order valence-corrected chi connectivity index (χ2v) is 6.64. The van der Waals surface area contributed by atoms with Gasteiger partial charge in [-0.3, -0.25) is 4.98 Å². The lowest BCUT2D eigenvalue weighted by molar-refractivity contribution is -0.158. The van der Waals surface area contributed by atoms with E-state index in [4.69, 9.17) is 21.1 Å². The van der Waals surface area contributed by atoms with Crippen LogP contribution in [0.15, 0.2) is 36.7 Å². The Balaban J connectivity index is 1.38. The van der Waals surface area contributed by atoms with Crippen LogP contribution in [0, 0.1) is 0 Å². The predicted molar refractivity (Wildman–Crippen MR) is 93.1 cm³/mol. The molecule has 0 aliphatic carbocycles. The molecule has 2 atom stereocenters. The standard InChI is InChI=1S/C18H16ClN3O4/c19-15-8-20-9-16(21-15)22-6-5-12(10-22)25-18(24)14-7-11-3-1-2-4-13(11)17(23)26-14/h1-4,8-9,12,14H,5-7,10H2/t12-,14-/m1/s1. The molecule has 1 aromatic heterocycles. The van der Waals surface area contributed by atoms with Crippen LogP contribution in [0.3, 0.4) is 0 Å². The predicted octanol–water partition coefficient (Wildman–Crippen LogP) is 2.03. The van der Waals surface area contributed by atoms with Gasteiger partial charge in [0.25, 0.3) is 0 Å². The second-order valence-electron chi connectivity index (χ2n) is 6.25. The lowest BCUT2D eigenvalue weighted by atomic mass is 9.99. The van der Waals surface area contributed by atoms with E-state index in [1.165, 1.54) is 6.20 Å². The SMILES string of the molecule is O=C1O[C@@H](C(=O)O[C@@H]2CCN(c3cncc(Cl)n3)C2)Cc2ccccc21. The van der Waals surface area contributed by atoms with Crippen LogP contribution in [0.5, 0.6) is 0 Å². The molecule has 8 heteroatoms. The minimum atomic E-state index is -0.905. The van der Waals surface area contributed by atoms with E-state index in [0.29, 0.717) is 42.5 Å². The lowest BCUT2D eigenvalue weighted by Crippen LogP contribution is -2.38. The van der Waals surface area contributed by atoms with Gasteiger partial charge in [0.15, 0.2) is 0 Å². The van der Waals surface area contributed by atoms with Crippen LogP contribution < -0.4 is 4.90 Å². The minimum absolute atomic E-state index is 0.292. The number of esters is 2. The van der Waals surface area contributed by atoms with Crippen LogP contribution in [0.25, 0.3) is 0 Å². The Morgan fingerprint density at radius 2 is 2.15 bits per heavy atom. The molecule has 7 nitrogen and oxygen atoms in total. The Bertz CT molecular complexity index is 860. The van der Waals surface area contributed by atoms with Gasteiger partial charge in [-0.05, 0) is 11.6 Å². The van der Waals surface area contributed by atoms with Crippen molar-refractivity contribution in [3.05, 3.63) is 52.9 Å². The third-order valence-corrected chi connectivity index (χ3v) is 4.68. The maximum absolute atomic E-state index is 12.4. The molecule has 0 radical (unpaired) electrons. The monoisotopic (exact) mass is 373 g/mol. The molecule has 4 rings (SSSR count). The summed E-state index contributed by atoms with van der Waals surface area (Å²) < 4.78 is 10.8. The van der Waals surface area contributed by atoms with Crippen molar-refractivity contribution in [3.63, 3.8) is 0 Å². The Morgan fingerprint density at radius 1 is 1.31 bits per heavy atom. The van der Waals surface area contributed by atoms with Gasteiger partial charge in [0.05, 0.1) is 24.5 Å². The molecule has 0 N–H and O–H groups in total. The molecule has 26 heavy (non-hydrogen) atoms. The number of benzene rings is 1. The summed E-state index contributed by atoms with van der Waals surface area (Å²) in [6.07, 6.45) is 2.88. The van der Waals surface area contributed by atoms with Gasteiger partial charge in [0.2, 0.25) is 6.10 Å². The number of hydrogen-bond donors (Lipinski definition) is 0. The number of aromatic nitrogens is 2. The first kappa shape index (κ1) is 16.8. The summed E-state index contributed by atoms with van der Waals surface area (Å²) in [7, 11) is 0. The maximum Gasteiger partial charge on any atom is 0.348 e. The van der Waals surface area contributed by atoms with Crippen molar-refractivity contribution in [3.8, 4) is 0 Å². The molecule has 1 saturated heterocycles. The summed E-state index contributed by atoms with van der Waals surface area (Å²) in [5, 5.41) is 0.315. The molecule has 1 fully saturated rings. The van der Waals surface area contributed by atoms with E-state index in [9.17, 15) is 9.59 Å². The van der Waals surface area contributed by atoms with Gasteiger partial charge in [-0.2, -0.15) is 0 Å². The third kappa shape index (κ3) is 3.35. The number of ether oxygens (including phenoxy) is 2. The Kier molecular flexibility index (Phi) is 4.46. The Morgan fingerprint density at radius 3 is 3.00 bits per heavy atom. The quantitative estimate of drug-likeness (QED) is 0.761. The summed E-state index contributed by atoms with van der Waals surface area (Å²) >= 11 is 5.87. The smallest absolute Gasteiger partial charge is 0.348 e. The number of fused-ring (bicyclic) bond motifs is 1. The van der Waals surface area contributed by atoms with Crippen LogP contribution in [0.1, 0.15) is 22.3 Å². The largest absolute Gasteiger partial charge is 0.458 e. The van der Waals surface area contributed by atoms with E-state index >= 15 is 0 Å². The van der Waals surface area contributed by atoms with Crippen molar-refractivity contribution in [2.75, 3.05) is 18.0 Å². The maximum atomic E-state index is 12.4. The van der Waals surface area contributed by atoms with Crippen molar-refractivity contribution in [1.29, 1.82) is 0 Å². The van der Waals surface area contributed by atoms with Crippen LogP contribution in [-0.4, -0.2) is 47.2 Å². The van der Waals surface area contributed by atoms with Crippen LogP contribution in [0.4, 0.5) is 5.82 Å². The zero-order valence-corrected chi connectivity index (χ0v) is 14.6. The molecule has 0 saturated carbocycles. The van der Waals surface area contributed by atoms with Gasteiger partial charge in [0.1, 0.15) is 17.1 Å². The fourth-order valence-electron chi connectivity index (χ4n) is 3.22. The molecule has 0 amide bonds. The van der Waals surface area contributed by atoms with Gasteiger partial charge in [-0.1, -0.05) is 29.8 Å². The summed E-state index contributed by atoms with van der Waals surface area (Å²) in [5.41, 5.74) is 1.30. The van der Waals surface area contributed by atoms with Crippen molar-refractivity contribution in [2.45, 2.75) is 25.0 Å². The highest BCUT2D eigenvalue weighted by atomic mass is 35.5. The highest BCUT2D eigenvalue weighted by Crippen LogP contribution is 2.24. The molecule has 0 bridgehead atoms.